The Morgan fingerprint density at radius 1 is 0.969 bits per heavy atom. The van der Waals surface area contributed by atoms with Gasteiger partial charge in [-0.05, 0) is 57.2 Å². The van der Waals surface area contributed by atoms with Crippen molar-refractivity contribution in [3.05, 3.63) is 46.5 Å². The molecule has 2 aliphatic rings. The molecular formula is C27H33ClO4. The molecule has 4 nitrogen and oxygen atoms in total. The first kappa shape index (κ1) is 23.0. The van der Waals surface area contributed by atoms with Crippen molar-refractivity contribution in [1.29, 1.82) is 0 Å². The SMILES string of the molecule is CCCCCc1cc2c(c3c1C(=O)OC(C)(CCCCl)O3)-c1cc(C)ccc1C(C)(C)O2. The summed E-state index contributed by atoms with van der Waals surface area (Å²) in [6.07, 6.45) is 5.22. The maximum atomic E-state index is 13.3. The van der Waals surface area contributed by atoms with Crippen LogP contribution in [0.25, 0.3) is 11.1 Å². The molecule has 0 spiro atoms. The molecule has 0 N–H and O–H groups in total. The summed E-state index contributed by atoms with van der Waals surface area (Å²) in [6, 6.07) is 8.40. The predicted molar refractivity (Wildman–Crippen MR) is 128 cm³/mol. The molecule has 0 radical (unpaired) electrons. The van der Waals surface area contributed by atoms with E-state index in [4.69, 9.17) is 25.8 Å². The third-order valence-corrected chi connectivity index (χ3v) is 6.70. The van der Waals surface area contributed by atoms with E-state index in [0.29, 0.717) is 30.0 Å². The van der Waals surface area contributed by atoms with Crippen LogP contribution in [0.4, 0.5) is 0 Å². The predicted octanol–water partition coefficient (Wildman–Crippen LogP) is 7.31. The quantitative estimate of drug-likeness (QED) is 0.249. The van der Waals surface area contributed by atoms with E-state index in [-0.39, 0.29) is 5.97 Å². The van der Waals surface area contributed by atoms with Crippen LogP contribution < -0.4 is 9.47 Å². The first-order chi connectivity index (χ1) is 15.2. The number of halogens is 1. The van der Waals surface area contributed by atoms with Crippen LogP contribution in [0.3, 0.4) is 0 Å². The summed E-state index contributed by atoms with van der Waals surface area (Å²) in [6.45, 7) is 10.2. The highest BCUT2D eigenvalue weighted by atomic mass is 35.5. The first-order valence-corrected chi connectivity index (χ1v) is 12.2. The molecule has 0 amide bonds. The summed E-state index contributed by atoms with van der Waals surface area (Å²) in [5.41, 5.74) is 5.13. The zero-order valence-electron chi connectivity index (χ0n) is 19.8. The Labute approximate surface area is 196 Å². The number of alkyl halides is 1. The summed E-state index contributed by atoms with van der Waals surface area (Å²) in [7, 11) is 0. The number of benzene rings is 2. The molecule has 0 fully saturated rings. The summed E-state index contributed by atoms with van der Waals surface area (Å²) in [5, 5.41) is 0. The molecule has 0 aliphatic carbocycles. The van der Waals surface area contributed by atoms with Crippen molar-refractivity contribution in [2.75, 3.05) is 5.88 Å². The van der Waals surface area contributed by atoms with Gasteiger partial charge in [0.1, 0.15) is 16.9 Å². The minimum absolute atomic E-state index is 0.323. The van der Waals surface area contributed by atoms with Crippen LogP contribution in [0.15, 0.2) is 24.3 Å². The van der Waals surface area contributed by atoms with Crippen molar-refractivity contribution in [3.8, 4) is 22.6 Å². The second-order valence-electron chi connectivity index (χ2n) is 9.65. The first-order valence-electron chi connectivity index (χ1n) is 11.7. The fourth-order valence-electron chi connectivity index (χ4n) is 4.80. The van der Waals surface area contributed by atoms with Crippen molar-refractivity contribution < 1.29 is 19.0 Å². The van der Waals surface area contributed by atoms with E-state index in [1.54, 1.807) is 0 Å². The molecule has 1 atom stereocenters. The van der Waals surface area contributed by atoms with Crippen LogP contribution in [0, 0.1) is 6.92 Å². The largest absolute Gasteiger partial charge is 0.482 e. The number of cyclic esters (lactones) is 1. The van der Waals surface area contributed by atoms with E-state index in [9.17, 15) is 4.79 Å². The zero-order chi connectivity index (χ0) is 23.1. The molecule has 0 bridgehead atoms. The van der Waals surface area contributed by atoms with Crippen molar-refractivity contribution in [2.24, 2.45) is 0 Å². The van der Waals surface area contributed by atoms with Gasteiger partial charge in [-0.25, -0.2) is 4.79 Å². The van der Waals surface area contributed by atoms with Crippen LogP contribution in [0.1, 0.15) is 86.8 Å². The van der Waals surface area contributed by atoms with Gasteiger partial charge in [-0.15, -0.1) is 11.6 Å². The number of carbonyl (C=O) groups excluding carboxylic acids is 1. The summed E-state index contributed by atoms with van der Waals surface area (Å²) < 4.78 is 18.9. The molecule has 2 aromatic rings. The lowest BCUT2D eigenvalue weighted by molar-refractivity contribution is -0.145. The smallest absolute Gasteiger partial charge is 0.345 e. The molecule has 2 aromatic carbocycles. The van der Waals surface area contributed by atoms with Crippen LogP contribution in [0.2, 0.25) is 0 Å². The fourth-order valence-corrected chi connectivity index (χ4v) is 4.94. The molecule has 172 valence electrons. The third kappa shape index (κ3) is 4.10. The van der Waals surface area contributed by atoms with Crippen LogP contribution in [-0.2, 0) is 16.8 Å². The van der Waals surface area contributed by atoms with Gasteiger partial charge in [-0.1, -0.05) is 43.5 Å². The molecule has 0 aromatic heterocycles. The van der Waals surface area contributed by atoms with Gasteiger partial charge in [-0.3, -0.25) is 0 Å². The molecule has 2 aliphatic heterocycles. The highest BCUT2D eigenvalue weighted by Crippen LogP contribution is 2.54. The minimum atomic E-state index is -1.05. The Hall–Kier alpha value is -2.20. The number of esters is 1. The van der Waals surface area contributed by atoms with Gasteiger partial charge < -0.3 is 14.2 Å². The molecule has 32 heavy (non-hydrogen) atoms. The number of unbranched alkanes of at least 4 members (excludes halogenated alkanes) is 2. The Morgan fingerprint density at radius 2 is 1.75 bits per heavy atom. The molecule has 5 heteroatoms. The number of rotatable bonds is 7. The summed E-state index contributed by atoms with van der Waals surface area (Å²) >= 11 is 5.93. The molecule has 1 unspecified atom stereocenters. The second-order valence-corrected chi connectivity index (χ2v) is 10.0. The number of fused-ring (bicyclic) bond motifs is 5. The van der Waals surface area contributed by atoms with E-state index >= 15 is 0 Å². The topological polar surface area (TPSA) is 44.8 Å². The van der Waals surface area contributed by atoms with Crippen LogP contribution >= 0.6 is 11.6 Å². The minimum Gasteiger partial charge on any atom is -0.482 e. The number of carbonyl (C=O) groups is 1. The molecule has 0 saturated carbocycles. The molecule has 4 rings (SSSR count). The Bertz CT molecular complexity index is 1040. The van der Waals surface area contributed by atoms with Crippen molar-refractivity contribution in [3.63, 3.8) is 0 Å². The van der Waals surface area contributed by atoms with Gasteiger partial charge in [-0.2, -0.15) is 0 Å². The van der Waals surface area contributed by atoms with Gasteiger partial charge in [0.2, 0.25) is 0 Å². The van der Waals surface area contributed by atoms with Gasteiger partial charge in [0.25, 0.3) is 5.79 Å². The summed E-state index contributed by atoms with van der Waals surface area (Å²) in [4.78, 5) is 13.3. The van der Waals surface area contributed by atoms with Crippen molar-refractivity contribution in [2.45, 2.75) is 84.5 Å². The van der Waals surface area contributed by atoms with Gasteiger partial charge in [0.15, 0.2) is 5.75 Å². The van der Waals surface area contributed by atoms with E-state index in [1.165, 1.54) is 0 Å². The summed E-state index contributed by atoms with van der Waals surface area (Å²) in [5.74, 6) is 0.470. The van der Waals surface area contributed by atoms with Crippen molar-refractivity contribution in [1.82, 2.24) is 0 Å². The standard InChI is InChI=1S/C27H33ClO4/c1-6-7-8-10-18-16-21-23(19-15-17(2)11-12-20(19)26(3,4)30-21)24-22(18)25(29)32-27(5,31-24)13-9-14-28/h11-12,15-16H,6-10,13-14H2,1-5H3. The highest BCUT2D eigenvalue weighted by Gasteiger charge is 2.44. The highest BCUT2D eigenvalue weighted by molar-refractivity contribution is 6.17. The maximum Gasteiger partial charge on any atom is 0.345 e. The third-order valence-electron chi connectivity index (χ3n) is 6.43. The van der Waals surface area contributed by atoms with E-state index in [0.717, 1.165) is 59.3 Å². The molecule has 2 heterocycles. The Kier molecular flexibility index (Phi) is 6.19. The number of aryl methyl sites for hydroxylation is 2. The average Bonchev–Trinajstić information content (AvgIpc) is 2.71. The maximum absolute atomic E-state index is 13.3. The number of ether oxygens (including phenoxy) is 3. The average molecular weight is 457 g/mol. The lowest BCUT2D eigenvalue weighted by Crippen LogP contribution is -2.43. The van der Waals surface area contributed by atoms with Gasteiger partial charge in [0, 0.05) is 24.8 Å². The van der Waals surface area contributed by atoms with Crippen LogP contribution in [-0.4, -0.2) is 17.6 Å². The Balaban J connectivity index is 1.94. The molecular weight excluding hydrogens is 424 g/mol. The van der Waals surface area contributed by atoms with Gasteiger partial charge >= 0.3 is 5.97 Å². The van der Waals surface area contributed by atoms with E-state index < -0.39 is 11.4 Å². The number of hydrogen-bond donors (Lipinski definition) is 0. The van der Waals surface area contributed by atoms with E-state index in [2.05, 4.69) is 45.9 Å². The van der Waals surface area contributed by atoms with Gasteiger partial charge in [0.05, 0.1) is 5.56 Å². The van der Waals surface area contributed by atoms with Crippen molar-refractivity contribution >= 4 is 17.6 Å². The number of hydrogen-bond acceptors (Lipinski definition) is 4. The van der Waals surface area contributed by atoms with E-state index in [1.807, 2.05) is 13.0 Å². The van der Waals surface area contributed by atoms with Crippen LogP contribution in [0.5, 0.6) is 11.5 Å². The monoisotopic (exact) mass is 456 g/mol. The fraction of sp³-hybridized carbons (Fsp3) is 0.519. The lowest BCUT2D eigenvalue weighted by atomic mass is 9.82. The molecule has 0 saturated heterocycles. The zero-order valence-corrected chi connectivity index (χ0v) is 20.5. The Morgan fingerprint density at radius 3 is 2.47 bits per heavy atom. The normalized spacial score (nSPS) is 20.4. The lowest BCUT2D eigenvalue weighted by Gasteiger charge is -2.40. The second kappa shape index (κ2) is 8.62.